The number of carbonyl (C=O) groups is 2. The number of hydrogen-bond acceptors (Lipinski definition) is 3. The number of nitrogens with two attached hydrogens (primary N) is 1. The molecule has 0 radical (unpaired) electrons. The quantitative estimate of drug-likeness (QED) is 0.811. The van der Waals surface area contributed by atoms with Crippen molar-refractivity contribution in [2.24, 2.45) is 11.7 Å². The molecule has 102 valence electrons. The monoisotopic (exact) mass is 262 g/mol. The second kappa shape index (κ2) is 5.30. The first-order chi connectivity index (χ1) is 8.97. The highest BCUT2D eigenvalue weighted by Gasteiger charge is 2.27. The van der Waals surface area contributed by atoms with Crippen LogP contribution < -0.4 is 10.6 Å². The average Bonchev–Trinajstić information content (AvgIpc) is 3.11. The summed E-state index contributed by atoms with van der Waals surface area (Å²) in [5.41, 5.74) is 7.35. The van der Waals surface area contributed by atoms with E-state index in [4.69, 9.17) is 10.8 Å². The Hall–Kier alpha value is -2.04. The van der Waals surface area contributed by atoms with Gasteiger partial charge in [-0.25, -0.2) is 0 Å². The third-order valence-electron chi connectivity index (χ3n) is 3.26. The SMILES string of the molecule is Cc1ccc(C(N)=O)c(N(CC(=O)O)CC2CC2)c1. The second-order valence-electron chi connectivity index (χ2n) is 5.10. The molecule has 5 heteroatoms. The fourth-order valence-corrected chi connectivity index (χ4v) is 2.14. The van der Waals surface area contributed by atoms with Crippen molar-refractivity contribution >= 4 is 17.6 Å². The van der Waals surface area contributed by atoms with Gasteiger partial charge < -0.3 is 15.7 Å². The maximum Gasteiger partial charge on any atom is 0.323 e. The van der Waals surface area contributed by atoms with Crippen LogP contribution in [0.5, 0.6) is 0 Å². The molecule has 1 amide bonds. The summed E-state index contributed by atoms with van der Waals surface area (Å²) in [7, 11) is 0. The van der Waals surface area contributed by atoms with Crippen LogP contribution in [0.2, 0.25) is 0 Å². The Labute approximate surface area is 112 Å². The molecule has 1 aliphatic carbocycles. The molecule has 0 spiro atoms. The van der Waals surface area contributed by atoms with E-state index < -0.39 is 11.9 Å². The molecule has 1 saturated carbocycles. The molecule has 1 aromatic rings. The zero-order valence-corrected chi connectivity index (χ0v) is 10.9. The third-order valence-corrected chi connectivity index (χ3v) is 3.26. The maximum atomic E-state index is 11.5. The van der Waals surface area contributed by atoms with Crippen LogP contribution >= 0.6 is 0 Å². The average molecular weight is 262 g/mol. The first kappa shape index (κ1) is 13.4. The van der Waals surface area contributed by atoms with E-state index in [-0.39, 0.29) is 6.54 Å². The molecule has 1 aliphatic rings. The standard InChI is InChI=1S/C14H18N2O3/c1-9-2-5-11(14(15)19)12(6-9)16(8-13(17)18)7-10-3-4-10/h2,5-6,10H,3-4,7-8H2,1H3,(H2,15,19)(H,17,18). The Balaban J connectivity index is 2.34. The van der Waals surface area contributed by atoms with Crippen molar-refractivity contribution in [2.45, 2.75) is 19.8 Å². The smallest absolute Gasteiger partial charge is 0.323 e. The lowest BCUT2D eigenvalue weighted by Crippen LogP contribution is -2.33. The molecule has 0 aliphatic heterocycles. The van der Waals surface area contributed by atoms with Gasteiger partial charge in [0.1, 0.15) is 6.54 Å². The van der Waals surface area contributed by atoms with Gasteiger partial charge in [-0.1, -0.05) is 6.07 Å². The summed E-state index contributed by atoms with van der Waals surface area (Å²) in [5.74, 6) is -0.903. The normalized spacial score (nSPS) is 14.2. The Morgan fingerprint density at radius 2 is 2.11 bits per heavy atom. The highest BCUT2D eigenvalue weighted by atomic mass is 16.4. The highest BCUT2D eigenvalue weighted by molar-refractivity contribution is 5.99. The van der Waals surface area contributed by atoms with Crippen LogP contribution in [-0.4, -0.2) is 30.1 Å². The van der Waals surface area contributed by atoms with Gasteiger partial charge in [0.15, 0.2) is 0 Å². The number of anilines is 1. The van der Waals surface area contributed by atoms with Crippen LogP contribution in [0.3, 0.4) is 0 Å². The van der Waals surface area contributed by atoms with Crippen LogP contribution in [0.1, 0.15) is 28.8 Å². The van der Waals surface area contributed by atoms with Gasteiger partial charge in [0.05, 0.1) is 11.3 Å². The summed E-state index contributed by atoms with van der Waals surface area (Å²) in [6, 6.07) is 5.29. The molecule has 2 rings (SSSR count). The Bertz CT molecular complexity index is 509. The van der Waals surface area contributed by atoms with Gasteiger partial charge in [0.25, 0.3) is 5.91 Å². The number of amides is 1. The number of carboxylic acid groups (broad SMARTS) is 1. The molecular formula is C14H18N2O3. The molecular weight excluding hydrogens is 244 g/mol. The minimum Gasteiger partial charge on any atom is -0.480 e. The fourth-order valence-electron chi connectivity index (χ4n) is 2.14. The Morgan fingerprint density at radius 3 is 2.63 bits per heavy atom. The predicted octanol–water partition coefficient (Wildman–Crippen LogP) is 1.39. The molecule has 0 aromatic heterocycles. The van der Waals surface area contributed by atoms with Crippen molar-refractivity contribution in [1.82, 2.24) is 0 Å². The number of benzene rings is 1. The van der Waals surface area contributed by atoms with E-state index in [1.807, 2.05) is 13.0 Å². The molecule has 19 heavy (non-hydrogen) atoms. The van der Waals surface area contributed by atoms with Gasteiger partial charge in [0, 0.05) is 6.54 Å². The maximum absolute atomic E-state index is 11.5. The van der Waals surface area contributed by atoms with E-state index in [9.17, 15) is 9.59 Å². The van der Waals surface area contributed by atoms with Crippen molar-refractivity contribution in [3.63, 3.8) is 0 Å². The van der Waals surface area contributed by atoms with Crippen molar-refractivity contribution in [1.29, 1.82) is 0 Å². The molecule has 0 heterocycles. The van der Waals surface area contributed by atoms with Gasteiger partial charge >= 0.3 is 5.97 Å². The molecule has 0 bridgehead atoms. The van der Waals surface area contributed by atoms with E-state index >= 15 is 0 Å². The van der Waals surface area contributed by atoms with Crippen molar-refractivity contribution in [3.05, 3.63) is 29.3 Å². The van der Waals surface area contributed by atoms with Crippen molar-refractivity contribution in [2.75, 3.05) is 18.0 Å². The van der Waals surface area contributed by atoms with Crippen molar-refractivity contribution in [3.8, 4) is 0 Å². The summed E-state index contributed by atoms with van der Waals surface area (Å²) in [4.78, 5) is 24.2. The van der Waals surface area contributed by atoms with E-state index in [1.54, 1.807) is 17.0 Å². The largest absolute Gasteiger partial charge is 0.480 e. The van der Waals surface area contributed by atoms with Crippen LogP contribution in [0.15, 0.2) is 18.2 Å². The summed E-state index contributed by atoms with van der Waals surface area (Å²) < 4.78 is 0. The number of carboxylic acids is 1. The Morgan fingerprint density at radius 1 is 1.42 bits per heavy atom. The van der Waals surface area contributed by atoms with Gasteiger partial charge in [-0.15, -0.1) is 0 Å². The number of primary amides is 1. The van der Waals surface area contributed by atoms with E-state index in [1.165, 1.54) is 0 Å². The van der Waals surface area contributed by atoms with Crippen LogP contribution in [0, 0.1) is 12.8 Å². The zero-order chi connectivity index (χ0) is 14.0. The van der Waals surface area contributed by atoms with Gasteiger partial charge in [-0.2, -0.15) is 0 Å². The van der Waals surface area contributed by atoms with E-state index in [0.717, 1.165) is 18.4 Å². The number of aryl methyl sites for hydroxylation is 1. The number of nitrogens with zero attached hydrogens (tertiary/aromatic N) is 1. The van der Waals surface area contributed by atoms with Gasteiger partial charge in [-0.05, 0) is 43.4 Å². The molecule has 3 N–H and O–H groups in total. The molecule has 1 aromatic carbocycles. The fraction of sp³-hybridized carbons (Fsp3) is 0.429. The first-order valence-corrected chi connectivity index (χ1v) is 6.34. The van der Waals surface area contributed by atoms with Crippen LogP contribution in [0.25, 0.3) is 0 Å². The number of aliphatic carboxylic acids is 1. The predicted molar refractivity (Wildman–Crippen MR) is 72.3 cm³/mol. The molecule has 1 fully saturated rings. The summed E-state index contributed by atoms with van der Waals surface area (Å²) in [5, 5.41) is 9.02. The van der Waals surface area contributed by atoms with Crippen LogP contribution in [0.4, 0.5) is 5.69 Å². The highest BCUT2D eigenvalue weighted by Crippen LogP contribution is 2.32. The van der Waals surface area contributed by atoms with Crippen molar-refractivity contribution < 1.29 is 14.7 Å². The molecule has 0 unspecified atom stereocenters. The number of rotatable bonds is 6. The zero-order valence-electron chi connectivity index (χ0n) is 10.9. The molecule has 0 saturated heterocycles. The minimum atomic E-state index is -0.905. The Kier molecular flexibility index (Phi) is 3.74. The number of hydrogen-bond donors (Lipinski definition) is 2. The molecule has 5 nitrogen and oxygen atoms in total. The lowest BCUT2D eigenvalue weighted by molar-refractivity contribution is -0.135. The summed E-state index contributed by atoms with van der Waals surface area (Å²) in [6.45, 7) is 2.46. The van der Waals surface area contributed by atoms with E-state index in [0.29, 0.717) is 23.7 Å². The van der Waals surface area contributed by atoms with Gasteiger partial charge in [0.2, 0.25) is 0 Å². The van der Waals surface area contributed by atoms with Gasteiger partial charge in [-0.3, -0.25) is 9.59 Å². The van der Waals surface area contributed by atoms with Crippen LogP contribution in [-0.2, 0) is 4.79 Å². The second-order valence-corrected chi connectivity index (χ2v) is 5.10. The summed E-state index contributed by atoms with van der Waals surface area (Å²) in [6.07, 6.45) is 2.24. The topological polar surface area (TPSA) is 83.6 Å². The first-order valence-electron chi connectivity index (χ1n) is 6.34. The third kappa shape index (κ3) is 3.47. The summed E-state index contributed by atoms with van der Waals surface area (Å²) >= 11 is 0. The van der Waals surface area contributed by atoms with E-state index in [2.05, 4.69) is 0 Å². The number of carbonyl (C=O) groups excluding carboxylic acids is 1. The lowest BCUT2D eigenvalue weighted by Gasteiger charge is -2.25. The lowest BCUT2D eigenvalue weighted by atomic mass is 10.1. The molecule has 0 atom stereocenters. The minimum absolute atomic E-state index is 0.111.